The molecule has 3 aromatic rings. The first-order valence-corrected chi connectivity index (χ1v) is 10.1. The number of fused-ring (bicyclic) bond motifs is 1. The smallest absolute Gasteiger partial charge is 0.371 e. The van der Waals surface area contributed by atoms with E-state index >= 15 is 0 Å². The van der Waals surface area contributed by atoms with Crippen LogP contribution in [0.4, 0.5) is 30.4 Å². The van der Waals surface area contributed by atoms with Gasteiger partial charge in [-0.1, -0.05) is 11.6 Å². The summed E-state index contributed by atoms with van der Waals surface area (Å²) < 4.78 is 42.1. The molecule has 2 N–H and O–H groups in total. The van der Waals surface area contributed by atoms with Gasteiger partial charge in [0.05, 0.1) is 11.1 Å². The molecular formula is C21H22ClF3N4O. The normalized spacial score (nSPS) is 15.7. The maximum Gasteiger partial charge on any atom is 0.411 e. The van der Waals surface area contributed by atoms with Crippen LogP contribution in [0.5, 0.6) is 0 Å². The van der Waals surface area contributed by atoms with E-state index in [1.54, 1.807) is 6.20 Å². The number of benzene rings is 1. The molecule has 1 aromatic carbocycles. The highest BCUT2D eigenvalue weighted by Crippen LogP contribution is 2.32. The van der Waals surface area contributed by atoms with Crippen molar-refractivity contribution in [1.82, 2.24) is 9.97 Å². The summed E-state index contributed by atoms with van der Waals surface area (Å²) in [5.74, 6) is 0.713. The van der Waals surface area contributed by atoms with E-state index in [-0.39, 0.29) is 6.10 Å². The second-order valence-electron chi connectivity index (χ2n) is 7.44. The van der Waals surface area contributed by atoms with Crippen molar-refractivity contribution in [3.05, 3.63) is 47.2 Å². The Morgan fingerprint density at radius 3 is 2.77 bits per heavy atom. The summed E-state index contributed by atoms with van der Waals surface area (Å²) in [4.78, 5) is 9.77. The van der Waals surface area contributed by atoms with Crippen molar-refractivity contribution in [2.24, 2.45) is 0 Å². The second-order valence-corrected chi connectivity index (χ2v) is 7.85. The molecule has 30 heavy (non-hydrogen) atoms. The first kappa shape index (κ1) is 20.8. The third-order valence-corrected chi connectivity index (χ3v) is 5.63. The van der Waals surface area contributed by atoms with Crippen LogP contribution in [0.1, 0.15) is 18.4 Å². The number of aromatic amines is 1. The van der Waals surface area contributed by atoms with Gasteiger partial charge in [0.25, 0.3) is 0 Å². The molecule has 0 saturated carbocycles. The van der Waals surface area contributed by atoms with Crippen molar-refractivity contribution in [3.63, 3.8) is 0 Å². The number of pyridine rings is 1. The average Bonchev–Trinajstić information content (AvgIpc) is 3.17. The lowest BCUT2D eigenvalue weighted by atomic mass is 10.1. The van der Waals surface area contributed by atoms with Gasteiger partial charge >= 0.3 is 6.18 Å². The number of halogens is 4. The number of alkyl halides is 3. The van der Waals surface area contributed by atoms with Crippen LogP contribution < -0.4 is 10.2 Å². The second kappa shape index (κ2) is 8.35. The molecule has 9 heteroatoms. The molecule has 1 saturated heterocycles. The molecular weight excluding hydrogens is 417 g/mol. The summed E-state index contributed by atoms with van der Waals surface area (Å²) in [6.45, 7) is 2.06. The van der Waals surface area contributed by atoms with E-state index in [1.165, 1.54) is 0 Å². The Kier molecular flexibility index (Phi) is 5.79. The van der Waals surface area contributed by atoms with Gasteiger partial charge in [-0.05, 0) is 44.0 Å². The number of nitrogens with one attached hydrogen (secondary N) is 2. The number of nitrogens with zero attached hydrogens (tertiary/aromatic N) is 2. The molecule has 0 spiro atoms. The van der Waals surface area contributed by atoms with Crippen molar-refractivity contribution in [2.75, 3.05) is 29.9 Å². The lowest BCUT2D eigenvalue weighted by Crippen LogP contribution is -2.38. The highest BCUT2D eigenvalue weighted by atomic mass is 35.5. The molecule has 5 nitrogen and oxygen atoms in total. The van der Waals surface area contributed by atoms with Crippen LogP contribution >= 0.6 is 11.6 Å². The van der Waals surface area contributed by atoms with E-state index in [0.717, 1.165) is 27.8 Å². The minimum absolute atomic E-state index is 0.364. The van der Waals surface area contributed by atoms with Crippen molar-refractivity contribution >= 4 is 39.7 Å². The van der Waals surface area contributed by atoms with Crippen molar-refractivity contribution in [3.8, 4) is 0 Å². The maximum atomic E-state index is 12.4. The Hall–Kier alpha value is -2.45. The van der Waals surface area contributed by atoms with Crippen LogP contribution in [-0.4, -0.2) is 41.9 Å². The Balaban J connectivity index is 1.45. The number of piperidine rings is 1. The van der Waals surface area contributed by atoms with Crippen molar-refractivity contribution in [2.45, 2.75) is 32.0 Å². The zero-order valence-electron chi connectivity index (χ0n) is 16.4. The Morgan fingerprint density at radius 2 is 2.03 bits per heavy atom. The number of aromatic nitrogens is 2. The topological polar surface area (TPSA) is 53.2 Å². The van der Waals surface area contributed by atoms with Gasteiger partial charge in [-0.2, -0.15) is 13.2 Å². The lowest BCUT2D eigenvalue weighted by Gasteiger charge is -2.34. The standard InChI is InChI=1S/C21H22ClF3N4O/c1-13-19(29-8-4-15(5-9-29)30-12-21(23,24)25)3-7-27-20(13)28-14-10-17(22)16-2-6-26-18(16)11-14/h2-3,6-7,10-11,15,26H,4-5,8-9,12H2,1H3,(H,27,28). The summed E-state index contributed by atoms with van der Waals surface area (Å²) in [7, 11) is 0. The number of H-pyrrole nitrogens is 1. The lowest BCUT2D eigenvalue weighted by molar-refractivity contribution is -0.186. The van der Waals surface area contributed by atoms with E-state index in [4.69, 9.17) is 16.3 Å². The maximum absolute atomic E-state index is 12.4. The fourth-order valence-electron chi connectivity index (χ4n) is 3.80. The molecule has 1 fully saturated rings. The summed E-state index contributed by atoms with van der Waals surface area (Å²) in [6, 6.07) is 7.68. The van der Waals surface area contributed by atoms with E-state index < -0.39 is 12.8 Å². The SMILES string of the molecule is Cc1c(N2CCC(OCC(F)(F)F)CC2)ccnc1Nc1cc(Cl)c2cc[nH]c2c1. The molecule has 0 amide bonds. The van der Waals surface area contributed by atoms with Crippen LogP contribution in [0.2, 0.25) is 5.02 Å². The fraction of sp³-hybridized carbons (Fsp3) is 0.381. The fourth-order valence-corrected chi connectivity index (χ4v) is 4.08. The van der Waals surface area contributed by atoms with Crippen LogP contribution in [0, 0.1) is 6.92 Å². The zero-order chi connectivity index (χ0) is 21.3. The largest absolute Gasteiger partial charge is 0.411 e. The number of hydrogen-bond donors (Lipinski definition) is 2. The van der Waals surface area contributed by atoms with Gasteiger partial charge in [-0.15, -0.1) is 0 Å². The molecule has 0 radical (unpaired) electrons. The Morgan fingerprint density at radius 1 is 1.27 bits per heavy atom. The average molecular weight is 439 g/mol. The molecule has 0 bridgehead atoms. The van der Waals surface area contributed by atoms with Gasteiger partial charge in [0.2, 0.25) is 0 Å². The van der Waals surface area contributed by atoms with Crippen LogP contribution in [-0.2, 0) is 4.74 Å². The van der Waals surface area contributed by atoms with Gasteiger partial charge in [-0.3, -0.25) is 0 Å². The minimum atomic E-state index is -4.29. The monoisotopic (exact) mass is 438 g/mol. The molecule has 2 aromatic heterocycles. The number of anilines is 3. The first-order chi connectivity index (χ1) is 14.3. The Labute approximate surface area is 177 Å². The van der Waals surface area contributed by atoms with Crippen LogP contribution in [0.3, 0.4) is 0 Å². The minimum Gasteiger partial charge on any atom is -0.371 e. The van der Waals surface area contributed by atoms with E-state index in [2.05, 4.69) is 20.2 Å². The third-order valence-electron chi connectivity index (χ3n) is 5.32. The molecule has 0 aliphatic carbocycles. The highest BCUT2D eigenvalue weighted by molar-refractivity contribution is 6.35. The van der Waals surface area contributed by atoms with E-state index in [0.29, 0.717) is 36.8 Å². The van der Waals surface area contributed by atoms with Crippen LogP contribution in [0.25, 0.3) is 10.9 Å². The van der Waals surface area contributed by atoms with Gasteiger partial charge in [0, 0.05) is 53.3 Å². The summed E-state index contributed by atoms with van der Waals surface area (Å²) >= 11 is 6.36. The number of ether oxygens (including phenoxy) is 1. The summed E-state index contributed by atoms with van der Waals surface area (Å²) in [5, 5.41) is 4.93. The molecule has 3 heterocycles. The van der Waals surface area contributed by atoms with Crippen LogP contribution in [0.15, 0.2) is 36.7 Å². The predicted molar refractivity (Wildman–Crippen MR) is 113 cm³/mol. The van der Waals surface area contributed by atoms with Crippen molar-refractivity contribution < 1.29 is 17.9 Å². The van der Waals surface area contributed by atoms with Gasteiger partial charge in [-0.25, -0.2) is 4.98 Å². The molecule has 160 valence electrons. The van der Waals surface area contributed by atoms with Gasteiger partial charge in [0.15, 0.2) is 0 Å². The molecule has 1 aliphatic rings. The highest BCUT2D eigenvalue weighted by Gasteiger charge is 2.30. The van der Waals surface area contributed by atoms with Gasteiger partial charge in [0.1, 0.15) is 12.4 Å². The third kappa shape index (κ3) is 4.65. The molecule has 4 rings (SSSR count). The Bertz CT molecular complexity index is 1030. The zero-order valence-corrected chi connectivity index (χ0v) is 17.1. The molecule has 0 unspecified atom stereocenters. The summed E-state index contributed by atoms with van der Waals surface area (Å²) in [6.07, 6.45) is 0.0283. The number of rotatable bonds is 5. The molecule has 0 atom stereocenters. The van der Waals surface area contributed by atoms with Gasteiger partial charge < -0.3 is 19.9 Å². The summed E-state index contributed by atoms with van der Waals surface area (Å²) in [5.41, 5.74) is 3.73. The predicted octanol–water partition coefficient (Wildman–Crippen LogP) is 5.82. The quantitative estimate of drug-likeness (QED) is 0.527. The molecule has 1 aliphatic heterocycles. The number of hydrogen-bond acceptors (Lipinski definition) is 4. The van der Waals surface area contributed by atoms with E-state index in [9.17, 15) is 13.2 Å². The van der Waals surface area contributed by atoms with E-state index in [1.807, 2.05) is 37.4 Å². The van der Waals surface area contributed by atoms with Crippen molar-refractivity contribution in [1.29, 1.82) is 0 Å². The first-order valence-electron chi connectivity index (χ1n) is 9.73.